The molecule has 0 aliphatic carbocycles. The van der Waals surface area contributed by atoms with Crippen LogP contribution in [0.1, 0.15) is 11.3 Å². The lowest BCUT2D eigenvalue weighted by Gasteiger charge is -2.15. The second-order valence-corrected chi connectivity index (χ2v) is 15.3. The Morgan fingerprint density at radius 2 is 2.11 bits per heavy atom. The lowest BCUT2D eigenvalue weighted by molar-refractivity contribution is -0.116. The molecule has 182 valence electrons. The van der Waals surface area contributed by atoms with Crippen LogP contribution in [-0.4, -0.2) is 40.1 Å². The predicted octanol–water partition coefficient (Wildman–Crippen LogP) is 5.18. The van der Waals surface area contributed by atoms with Gasteiger partial charge in [0.1, 0.15) is 25.0 Å². The van der Waals surface area contributed by atoms with Gasteiger partial charge >= 0.3 is 0 Å². The monoisotopic (exact) mass is 489 g/mol. The molecule has 0 unspecified atom stereocenters. The number of nitrogens with zero attached hydrogens (tertiary/aromatic N) is 4. The number of benzene rings is 1. The van der Waals surface area contributed by atoms with Gasteiger partial charge in [-0.15, -0.1) is 0 Å². The smallest absolute Gasteiger partial charge is 0.243 e. The third-order valence-electron chi connectivity index (χ3n) is 5.58. The van der Waals surface area contributed by atoms with Gasteiger partial charge in [-0.3, -0.25) is 4.79 Å². The Kier molecular flexibility index (Phi) is 7.27. The number of carbonyl (C=O) groups excluding carboxylic acids is 1. The molecular weight excluding hydrogens is 458 g/mol. The fourth-order valence-corrected chi connectivity index (χ4v) is 4.47. The zero-order valence-corrected chi connectivity index (χ0v) is 21.7. The van der Waals surface area contributed by atoms with E-state index in [1.54, 1.807) is 12.6 Å². The Morgan fingerprint density at radius 1 is 1.29 bits per heavy atom. The highest BCUT2D eigenvalue weighted by Gasteiger charge is 2.21. The fourth-order valence-electron chi connectivity index (χ4n) is 3.71. The average Bonchev–Trinajstić information content (AvgIpc) is 3.43. The molecular formula is C26H31N5O3Si. The maximum absolute atomic E-state index is 11.6. The van der Waals surface area contributed by atoms with Gasteiger partial charge in [-0.1, -0.05) is 44.4 Å². The molecule has 3 heterocycles. The molecule has 35 heavy (non-hydrogen) atoms. The van der Waals surface area contributed by atoms with Gasteiger partial charge in [0.2, 0.25) is 11.8 Å². The molecule has 3 aromatic heterocycles. The van der Waals surface area contributed by atoms with Crippen molar-refractivity contribution in [1.82, 2.24) is 24.8 Å². The molecule has 1 N–H and O–H groups in total. The van der Waals surface area contributed by atoms with E-state index >= 15 is 0 Å². The number of hydrogen-bond acceptors (Lipinski definition) is 6. The molecule has 0 atom stereocenters. The SMILES string of the molecule is C=CC(=O)NCc1cccc(-c2ncnc3c2c(-c2nc(C)co2)cn3COCC[Si](C)(C)C)c1. The molecule has 4 aromatic rings. The topological polar surface area (TPSA) is 95.1 Å². The number of aromatic nitrogens is 4. The van der Waals surface area contributed by atoms with Crippen molar-refractivity contribution in [3.63, 3.8) is 0 Å². The van der Waals surface area contributed by atoms with E-state index in [9.17, 15) is 4.79 Å². The van der Waals surface area contributed by atoms with Gasteiger partial charge in [0, 0.05) is 33.0 Å². The molecule has 0 bridgehead atoms. The number of nitrogens with one attached hydrogen (secondary N) is 1. The van der Waals surface area contributed by atoms with Crippen molar-refractivity contribution < 1.29 is 13.9 Å². The third kappa shape index (κ3) is 5.93. The van der Waals surface area contributed by atoms with Gasteiger partial charge in [-0.25, -0.2) is 15.0 Å². The molecule has 0 aliphatic heterocycles. The summed E-state index contributed by atoms with van der Waals surface area (Å²) >= 11 is 0. The van der Waals surface area contributed by atoms with Crippen LogP contribution in [0.2, 0.25) is 25.7 Å². The zero-order chi connectivity index (χ0) is 25.0. The minimum absolute atomic E-state index is 0.215. The predicted molar refractivity (Wildman–Crippen MR) is 139 cm³/mol. The zero-order valence-electron chi connectivity index (χ0n) is 20.7. The highest BCUT2D eigenvalue weighted by Crippen LogP contribution is 2.35. The summed E-state index contributed by atoms with van der Waals surface area (Å²) in [6.45, 7) is 13.9. The lowest BCUT2D eigenvalue weighted by atomic mass is 10.0. The van der Waals surface area contributed by atoms with Crippen LogP contribution in [0.15, 0.2) is 60.1 Å². The number of aryl methyl sites for hydroxylation is 1. The van der Waals surface area contributed by atoms with Crippen molar-refractivity contribution in [3.05, 3.63) is 67.0 Å². The van der Waals surface area contributed by atoms with E-state index in [0.717, 1.165) is 45.2 Å². The number of rotatable bonds is 10. The van der Waals surface area contributed by atoms with E-state index in [0.29, 0.717) is 25.8 Å². The summed E-state index contributed by atoms with van der Waals surface area (Å²) in [5.74, 6) is 0.298. The third-order valence-corrected chi connectivity index (χ3v) is 7.29. The van der Waals surface area contributed by atoms with Crippen molar-refractivity contribution in [2.45, 2.75) is 45.9 Å². The van der Waals surface area contributed by atoms with Gasteiger partial charge in [0.25, 0.3) is 0 Å². The molecule has 1 amide bonds. The van der Waals surface area contributed by atoms with Gasteiger partial charge < -0.3 is 19.0 Å². The number of hydrogen-bond donors (Lipinski definition) is 1. The molecule has 1 aromatic carbocycles. The van der Waals surface area contributed by atoms with Gasteiger partial charge in [0.05, 0.1) is 22.3 Å². The molecule has 0 aliphatic rings. The normalized spacial score (nSPS) is 11.7. The minimum atomic E-state index is -1.19. The summed E-state index contributed by atoms with van der Waals surface area (Å²) in [6, 6.07) is 9.00. The van der Waals surface area contributed by atoms with Crippen molar-refractivity contribution in [3.8, 4) is 22.7 Å². The van der Waals surface area contributed by atoms with Crippen molar-refractivity contribution in [2.24, 2.45) is 0 Å². The summed E-state index contributed by atoms with van der Waals surface area (Å²) < 4.78 is 13.8. The van der Waals surface area contributed by atoms with Crippen LogP contribution in [0.3, 0.4) is 0 Å². The molecule has 9 heteroatoms. The summed E-state index contributed by atoms with van der Waals surface area (Å²) in [5, 5.41) is 3.66. The van der Waals surface area contributed by atoms with E-state index in [1.165, 1.54) is 6.08 Å². The number of carbonyl (C=O) groups is 1. The van der Waals surface area contributed by atoms with Crippen LogP contribution in [0.5, 0.6) is 0 Å². The van der Waals surface area contributed by atoms with Crippen LogP contribution >= 0.6 is 0 Å². The second kappa shape index (κ2) is 10.4. The Balaban J connectivity index is 1.74. The van der Waals surface area contributed by atoms with E-state index < -0.39 is 8.07 Å². The minimum Gasteiger partial charge on any atom is -0.444 e. The Labute approximate surface area is 206 Å². The summed E-state index contributed by atoms with van der Waals surface area (Å²) in [7, 11) is -1.19. The van der Waals surface area contributed by atoms with Crippen molar-refractivity contribution in [2.75, 3.05) is 6.61 Å². The molecule has 0 radical (unpaired) electrons. The van der Waals surface area contributed by atoms with Crippen LogP contribution in [-0.2, 0) is 22.8 Å². The number of amides is 1. The fraction of sp³-hybridized carbons (Fsp3) is 0.308. The van der Waals surface area contributed by atoms with E-state index in [1.807, 2.05) is 42.0 Å². The number of ether oxygens (including phenoxy) is 1. The first-order valence-electron chi connectivity index (χ1n) is 11.6. The molecule has 0 saturated carbocycles. The van der Waals surface area contributed by atoms with Gasteiger partial charge in [-0.05, 0) is 30.7 Å². The van der Waals surface area contributed by atoms with Crippen LogP contribution < -0.4 is 5.32 Å². The first kappa shape index (κ1) is 24.6. The largest absolute Gasteiger partial charge is 0.444 e. The Bertz CT molecular complexity index is 1350. The average molecular weight is 490 g/mol. The van der Waals surface area contributed by atoms with E-state index in [2.05, 4.69) is 46.5 Å². The molecule has 8 nitrogen and oxygen atoms in total. The quantitative estimate of drug-likeness (QED) is 0.187. The Hall–Kier alpha value is -3.56. The van der Waals surface area contributed by atoms with Crippen LogP contribution in [0.4, 0.5) is 0 Å². The second-order valence-electron chi connectivity index (χ2n) is 9.70. The Morgan fingerprint density at radius 3 is 2.83 bits per heavy atom. The summed E-state index contributed by atoms with van der Waals surface area (Å²) in [6.07, 6.45) is 6.43. The highest BCUT2D eigenvalue weighted by molar-refractivity contribution is 6.76. The summed E-state index contributed by atoms with van der Waals surface area (Å²) in [4.78, 5) is 25.4. The molecule has 0 fully saturated rings. The van der Waals surface area contributed by atoms with Crippen molar-refractivity contribution >= 4 is 25.0 Å². The maximum atomic E-state index is 11.6. The molecule has 0 saturated heterocycles. The standard InChI is InChI=1S/C26H31N5O3Si/c1-6-22(32)27-13-19-8-7-9-20(12-19)24-23-21(26-30-18(2)15-34-26)14-31(25(23)29-16-28-24)17-33-10-11-35(3,4)5/h6-9,12,14-16H,1,10-11,13,17H2,2-5H3,(H,27,32). The highest BCUT2D eigenvalue weighted by atomic mass is 28.3. The van der Waals surface area contributed by atoms with Crippen LogP contribution in [0, 0.1) is 6.92 Å². The molecule has 4 rings (SSSR count). The molecule has 0 spiro atoms. The van der Waals surface area contributed by atoms with Gasteiger partial charge in [0.15, 0.2) is 0 Å². The van der Waals surface area contributed by atoms with Crippen LogP contribution in [0.25, 0.3) is 33.7 Å². The lowest BCUT2D eigenvalue weighted by Crippen LogP contribution is -2.22. The number of fused-ring (bicyclic) bond motifs is 1. The van der Waals surface area contributed by atoms with E-state index in [4.69, 9.17) is 9.15 Å². The van der Waals surface area contributed by atoms with Crippen molar-refractivity contribution in [1.29, 1.82) is 0 Å². The van der Waals surface area contributed by atoms with Gasteiger partial charge in [-0.2, -0.15) is 0 Å². The first-order chi connectivity index (χ1) is 16.7. The maximum Gasteiger partial charge on any atom is 0.243 e. The van der Waals surface area contributed by atoms with E-state index in [-0.39, 0.29) is 5.91 Å². The first-order valence-corrected chi connectivity index (χ1v) is 15.3. The number of oxazole rings is 1. The summed E-state index contributed by atoms with van der Waals surface area (Å²) in [5.41, 5.74) is 4.98.